The van der Waals surface area contributed by atoms with Crippen LogP contribution in [0.15, 0.2) is 36.9 Å². The summed E-state index contributed by atoms with van der Waals surface area (Å²) in [6.07, 6.45) is 7.94. The number of hydrogen-bond acceptors (Lipinski definition) is 3. The van der Waals surface area contributed by atoms with E-state index in [1.54, 1.807) is 12.7 Å². The molecule has 1 aromatic carbocycles. The standard InChI is InChI=1S/C18H23N5O/c24-18(20-10-14-3-5-15(6-4-14)16-7-8-16)22-9-1-2-17(11-22)23-13-19-12-21-23/h3-6,12-13,16-17H,1-2,7-11H2,(H,20,24)/t17-/m0/s1. The van der Waals surface area contributed by atoms with Crippen molar-refractivity contribution in [3.63, 3.8) is 0 Å². The number of benzene rings is 1. The Labute approximate surface area is 141 Å². The maximum atomic E-state index is 12.4. The van der Waals surface area contributed by atoms with Crippen LogP contribution in [0.4, 0.5) is 4.79 Å². The Kier molecular flexibility index (Phi) is 4.19. The van der Waals surface area contributed by atoms with E-state index in [4.69, 9.17) is 0 Å². The van der Waals surface area contributed by atoms with Crippen molar-refractivity contribution in [2.24, 2.45) is 0 Å². The molecule has 1 saturated carbocycles. The third-order valence-electron chi connectivity index (χ3n) is 4.97. The SMILES string of the molecule is O=C(NCc1ccc(C2CC2)cc1)N1CCC[C@H](n2cncn2)C1. The van der Waals surface area contributed by atoms with E-state index in [9.17, 15) is 4.79 Å². The van der Waals surface area contributed by atoms with Crippen LogP contribution in [0.3, 0.4) is 0 Å². The summed E-state index contributed by atoms with van der Waals surface area (Å²) in [5.74, 6) is 0.774. The normalized spacial score (nSPS) is 20.8. The molecule has 4 rings (SSSR count). The smallest absolute Gasteiger partial charge is 0.317 e. The van der Waals surface area contributed by atoms with Crippen LogP contribution in [0.25, 0.3) is 0 Å². The van der Waals surface area contributed by atoms with Gasteiger partial charge in [-0.3, -0.25) is 0 Å². The molecule has 2 aliphatic rings. The van der Waals surface area contributed by atoms with Gasteiger partial charge in [0.15, 0.2) is 0 Å². The maximum absolute atomic E-state index is 12.4. The van der Waals surface area contributed by atoms with Gasteiger partial charge in [-0.1, -0.05) is 24.3 Å². The molecule has 1 saturated heterocycles. The molecule has 0 bridgehead atoms. The van der Waals surface area contributed by atoms with E-state index in [-0.39, 0.29) is 12.1 Å². The monoisotopic (exact) mass is 325 g/mol. The minimum absolute atomic E-state index is 0.00563. The number of carbonyl (C=O) groups excluding carboxylic acids is 1. The Bertz CT molecular complexity index is 678. The van der Waals surface area contributed by atoms with Crippen LogP contribution in [0.2, 0.25) is 0 Å². The summed E-state index contributed by atoms with van der Waals surface area (Å²) in [7, 11) is 0. The summed E-state index contributed by atoms with van der Waals surface area (Å²) in [6, 6.07) is 8.88. The molecule has 1 atom stereocenters. The van der Waals surface area contributed by atoms with Crippen molar-refractivity contribution in [2.45, 2.75) is 44.2 Å². The van der Waals surface area contributed by atoms with E-state index in [1.807, 2.05) is 9.58 Å². The zero-order valence-corrected chi connectivity index (χ0v) is 13.8. The number of rotatable bonds is 4. The van der Waals surface area contributed by atoms with Gasteiger partial charge in [0, 0.05) is 19.6 Å². The number of amides is 2. The Morgan fingerprint density at radius 1 is 1.21 bits per heavy atom. The largest absolute Gasteiger partial charge is 0.334 e. The number of aromatic nitrogens is 3. The van der Waals surface area contributed by atoms with Crippen LogP contribution in [0.5, 0.6) is 0 Å². The second-order valence-corrected chi connectivity index (χ2v) is 6.79. The van der Waals surface area contributed by atoms with Crippen molar-refractivity contribution in [1.29, 1.82) is 0 Å². The second kappa shape index (κ2) is 6.63. The number of carbonyl (C=O) groups is 1. The van der Waals surface area contributed by atoms with Crippen LogP contribution in [0.1, 0.15) is 48.8 Å². The van der Waals surface area contributed by atoms with Crippen molar-refractivity contribution < 1.29 is 4.79 Å². The highest BCUT2D eigenvalue weighted by Crippen LogP contribution is 2.39. The highest BCUT2D eigenvalue weighted by atomic mass is 16.2. The molecule has 2 amide bonds. The highest BCUT2D eigenvalue weighted by molar-refractivity contribution is 5.74. The molecule has 0 unspecified atom stereocenters. The van der Waals surface area contributed by atoms with Gasteiger partial charge in [-0.2, -0.15) is 5.10 Å². The lowest BCUT2D eigenvalue weighted by molar-refractivity contribution is 0.163. The third-order valence-corrected chi connectivity index (χ3v) is 4.97. The van der Waals surface area contributed by atoms with Gasteiger partial charge in [-0.15, -0.1) is 0 Å². The Balaban J connectivity index is 1.30. The average Bonchev–Trinajstić information content (AvgIpc) is 3.34. The van der Waals surface area contributed by atoms with Gasteiger partial charge in [0.25, 0.3) is 0 Å². The first-order valence-corrected chi connectivity index (χ1v) is 8.75. The molecule has 2 fully saturated rings. The number of urea groups is 1. The number of piperidine rings is 1. The van der Waals surface area contributed by atoms with Crippen LogP contribution in [0, 0.1) is 0 Å². The number of nitrogens with zero attached hydrogens (tertiary/aromatic N) is 4. The van der Waals surface area contributed by atoms with Crippen molar-refractivity contribution >= 4 is 6.03 Å². The van der Waals surface area contributed by atoms with E-state index >= 15 is 0 Å². The second-order valence-electron chi connectivity index (χ2n) is 6.79. The van der Waals surface area contributed by atoms with Gasteiger partial charge in [-0.05, 0) is 42.7 Å². The van der Waals surface area contributed by atoms with Crippen molar-refractivity contribution in [3.8, 4) is 0 Å². The highest BCUT2D eigenvalue weighted by Gasteiger charge is 2.25. The zero-order chi connectivity index (χ0) is 16.4. The molecule has 0 radical (unpaired) electrons. The van der Waals surface area contributed by atoms with Gasteiger partial charge in [0.05, 0.1) is 6.04 Å². The van der Waals surface area contributed by atoms with Crippen molar-refractivity contribution in [3.05, 3.63) is 48.0 Å². The molecule has 1 N–H and O–H groups in total. The summed E-state index contributed by atoms with van der Waals surface area (Å²) in [6.45, 7) is 2.07. The molecule has 6 nitrogen and oxygen atoms in total. The lowest BCUT2D eigenvalue weighted by Crippen LogP contribution is -2.45. The van der Waals surface area contributed by atoms with Gasteiger partial charge in [0.2, 0.25) is 0 Å². The maximum Gasteiger partial charge on any atom is 0.317 e. The lowest BCUT2D eigenvalue weighted by atomic mass is 10.1. The first-order valence-electron chi connectivity index (χ1n) is 8.75. The fourth-order valence-electron chi connectivity index (χ4n) is 3.37. The minimum Gasteiger partial charge on any atom is -0.334 e. The molecular weight excluding hydrogens is 302 g/mol. The summed E-state index contributed by atoms with van der Waals surface area (Å²) >= 11 is 0. The Morgan fingerprint density at radius 2 is 2.04 bits per heavy atom. The van der Waals surface area contributed by atoms with Gasteiger partial charge in [-0.25, -0.2) is 14.5 Å². The summed E-state index contributed by atoms with van der Waals surface area (Å²) in [4.78, 5) is 18.3. The van der Waals surface area contributed by atoms with E-state index in [0.29, 0.717) is 13.1 Å². The Hall–Kier alpha value is -2.37. The predicted octanol–water partition coefficient (Wildman–Crippen LogP) is 2.70. The molecule has 0 spiro atoms. The Morgan fingerprint density at radius 3 is 2.75 bits per heavy atom. The summed E-state index contributed by atoms with van der Waals surface area (Å²) < 4.78 is 1.86. The average molecular weight is 325 g/mol. The molecule has 2 heterocycles. The topological polar surface area (TPSA) is 63.1 Å². The molecule has 24 heavy (non-hydrogen) atoms. The van der Waals surface area contributed by atoms with E-state index in [0.717, 1.165) is 30.9 Å². The first kappa shape index (κ1) is 15.2. The summed E-state index contributed by atoms with van der Waals surface area (Å²) in [5, 5.41) is 7.24. The number of likely N-dealkylation sites (tertiary alicyclic amines) is 1. The van der Waals surface area contributed by atoms with Gasteiger partial charge in [0.1, 0.15) is 12.7 Å². The molecule has 126 valence electrons. The lowest BCUT2D eigenvalue weighted by Gasteiger charge is -2.32. The molecule has 2 aromatic rings. The van der Waals surface area contributed by atoms with Crippen LogP contribution >= 0.6 is 0 Å². The van der Waals surface area contributed by atoms with Crippen LogP contribution in [-0.2, 0) is 6.54 Å². The summed E-state index contributed by atoms with van der Waals surface area (Å²) in [5.41, 5.74) is 2.58. The van der Waals surface area contributed by atoms with Gasteiger partial charge < -0.3 is 10.2 Å². The number of nitrogens with one attached hydrogen (secondary N) is 1. The minimum atomic E-state index is 0.00563. The third kappa shape index (κ3) is 3.42. The molecule has 1 aromatic heterocycles. The van der Waals surface area contributed by atoms with Crippen molar-refractivity contribution in [2.75, 3.05) is 13.1 Å². The first-order chi connectivity index (χ1) is 11.8. The predicted molar refractivity (Wildman–Crippen MR) is 90.5 cm³/mol. The van der Waals surface area contributed by atoms with E-state index in [1.165, 1.54) is 18.4 Å². The molecule has 1 aliphatic heterocycles. The zero-order valence-electron chi connectivity index (χ0n) is 13.8. The van der Waals surface area contributed by atoms with Crippen molar-refractivity contribution in [1.82, 2.24) is 25.0 Å². The molecule has 1 aliphatic carbocycles. The van der Waals surface area contributed by atoms with Gasteiger partial charge >= 0.3 is 6.03 Å². The van der Waals surface area contributed by atoms with Crippen LogP contribution < -0.4 is 5.32 Å². The van der Waals surface area contributed by atoms with Crippen LogP contribution in [-0.4, -0.2) is 38.8 Å². The fourth-order valence-corrected chi connectivity index (χ4v) is 3.37. The fraction of sp³-hybridized carbons (Fsp3) is 0.500. The van der Waals surface area contributed by atoms with E-state index in [2.05, 4.69) is 39.7 Å². The quantitative estimate of drug-likeness (QED) is 0.940. The molecular formula is C18H23N5O. The number of hydrogen-bond donors (Lipinski definition) is 1. The van der Waals surface area contributed by atoms with E-state index < -0.39 is 0 Å². The molecule has 6 heteroatoms.